The predicted molar refractivity (Wildman–Crippen MR) is 91.2 cm³/mol. The highest BCUT2D eigenvalue weighted by molar-refractivity contribution is 6.45. The number of imide groups is 2. The van der Waals surface area contributed by atoms with Crippen LogP contribution >= 0.6 is 11.6 Å². The summed E-state index contributed by atoms with van der Waals surface area (Å²) in [5.41, 5.74) is 1.26. The van der Waals surface area contributed by atoms with Crippen LogP contribution in [0.5, 0.6) is 0 Å². The molecule has 0 atom stereocenters. The number of hydrogen-bond donors (Lipinski definition) is 1. The summed E-state index contributed by atoms with van der Waals surface area (Å²) in [6.45, 7) is 1.06. The molecule has 0 radical (unpaired) electrons. The lowest BCUT2D eigenvalue weighted by atomic mass is 10.2. The maximum atomic E-state index is 12.3. The molecular formula is C17H14ClN3O5. The first kappa shape index (κ1) is 17.7. The number of anilines is 1. The van der Waals surface area contributed by atoms with Crippen LogP contribution in [0.2, 0.25) is 5.02 Å². The van der Waals surface area contributed by atoms with Crippen molar-refractivity contribution >= 4 is 41.0 Å². The van der Waals surface area contributed by atoms with Crippen LogP contribution in [0.15, 0.2) is 41.0 Å². The van der Waals surface area contributed by atoms with Crippen LogP contribution in [0.4, 0.5) is 10.5 Å². The van der Waals surface area contributed by atoms with Gasteiger partial charge in [0.15, 0.2) is 0 Å². The Morgan fingerprint density at radius 3 is 2.54 bits per heavy atom. The summed E-state index contributed by atoms with van der Waals surface area (Å²) < 4.78 is 5.08. The topological polar surface area (TPSA) is 99.9 Å². The zero-order valence-electron chi connectivity index (χ0n) is 13.7. The van der Waals surface area contributed by atoms with Crippen LogP contribution < -0.4 is 5.32 Å². The average Bonchev–Trinajstić information content (AvgIpc) is 3.18. The second-order valence-corrected chi connectivity index (χ2v) is 6.06. The van der Waals surface area contributed by atoms with Crippen LogP contribution in [-0.2, 0) is 20.9 Å². The number of urea groups is 1. The fourth-order valence-electron chi connectivity index (χ4n) is 2.40. The van der Waals surface area contributed by atoms with E-state index in [9.17, 15) is 19.2 Å². The number of rotatable bonds is 5. The lowest BCUT2D eigenvalue weighted by Crippen LogP contribution is -2.38. The summed E-state index contributed by atoms with van der Waals surface area (Å²) in [4.78, 5) is 49.8. The van der Waals surface area contributed by atoms with Crippen molar-refractivity contribution in [2.75, 3.05) is 11.9 Å². The van der Waals surface area contributed by atoms with E-state index < -0.39 is 30.3 Å². The predicted octanol–water partition coefficient (Wildman–Crippen LogP) is 2.17. The minimum Gasteiger partial charge on any atom is -0.467 e. The van der Waals surface area contributed by atoms with Crippen LogP contribution in [-0.4, -0.2) is 40.1 Å². The second kappa shape index (κ2) is 7.01. The Bertz CT molecular complexity index is 894. The summed E-state index contributed by atoms with van der Waals surface area (Å²) in [7, 11) is 0. The van der Waals surface area contributed by atoms with Gasteiger partial charge in [-0.3, -0.25) is 14.4 Å². The number of aryl methyl sites for hydroxylation is 1. The van der Waals surface area contributed by atoms with E-state index in [-0.39, 0.29) is 6.54 Å². The monoisotopic (exact) mass is 375 g/mol. The molecule has 0 bridgehead atoms. The molecule has 8 nitrogen and oxygen atoms in total. The molecule has 0 unspecified atom stereocenters. The fourth-order valence-corrected chi connectivity index (χ4v) is 2.58. The highest BCUT2D eigenvalue weighted by Crippen LogP contribution is 2.20. The fraction of sp³-hybridized carbons (Fsp3) is 0.176. The van der Waals surface area contributed by atoms with Crippen molar-refractivity contribution in [2.45, 2.75) is 13.5 Å². The van der Waals surface area contributed by atoms with E-state index in [1.54, 1.807) is 30.3 Å². The van der Waals surface area contributed by atoms with Crippen LogP contribution in [0, 0.1) is 6.92 Å². The number of nitrogens with zero attached hydrogens (tertiary/aromatic N) is 2. The summed E-state index contributed by atoms with van der Waals surface area (Å²) in [6, 6.07) is 7.21. The number of hydrogen-bond acceptors (Lipinski definition) is 5. The van der Waals surface area contributed by atoms with Gasteiger partial charge in [-0.05, 0) is 36.8 Å². The van der Waals surface area contributed by atoms with Gasteiger partial charge in [0.1, 0.15) is 12.3 Å². The molecule has 0 spiro atoms. The number of furan rings is 1. The van der Waals surface area contributed by atoms with Crippen molar-refractivity contribution in [3.05, 3.63) is 52.9 Å². The molecular weight excluding hydrogens is 362 g/mol. The van der Waals surface area contributed by atoms with Crippen LogP contribution in [0.3, 0.4) is 0 Å². The molecule has 134 valence electrons. The molecule has 9 heteroatoms. The minimum atomic E-state index is -1.06. The van der Waals surface area contributed by atoms with Gasteiger partial charge in [-0.25, -0.2) is 14.6 Å². The minimum absolute atomic E-state index is 0.178. The van der Waals surface area contributed by atoms with E-state index in [0.717, 1.165) is 10.5 Å². The number of halogens is 1. The van der Waals surface area contributed by atoms with Crippen molar-refractivity contribution in [3.8, 4) is 0 Å². The van der Waals surface area contributed by atoms with Gasteiger partial charge in [0.05, 0.1) is 12.8 Å². The summed E-state index contributed by atoms with van der Waals surface area (Å²) in [5, 5.41) is 3.00. The maximum Gasteiger partial charge on any atom is 0.335 e. The van der Waals surface area contributed by atoms with Gasteiger partial charge in [-0.1, -0.05) is 17.7 Å². The Balaban J connectivity index is 1.67. The molecule has 1 N–H and O–H groups in total. The van der Waals surface area contributed by atoms with E-state index in [1.807, 2.05) is 6.92 Å². The zero-order chi connectivity index (χ0) is 18.8. The molecule has 1 fully saturated rings. The Morgan fingerprint density at radius 1 is 1.15 bits per heavy atom. The number of amides is 5. The Morgan fingerprint density at radius 2 is 1.88 bits per heavy atom. The van der Waals surface area contributed by atoms with E-state index in [4.69, 9.17) is 16.0 Å². The number of carbonyl (C=O) groups excluding carboxylic acids is 4. The third-order valence-electron chi connectivity index (χ3n) is 3.79. The third kappa shape index (κ3) is 3.45. The van der Waals surface area contributed by atoms with Crippen molar-refractivity contribution in [2.24, 2.45) is 0 Å². The summed E-state index contributed by atoms with van der Waals surface area (Å²) in [5.74, 6) is -2.34. The largest absolute Gasteiger partial charge is 0.467 e. The molecule has 0 saturated carbocycles. The number of benzene rings is 1. The van der Waals surface area contributed by atoms with Crippen LogP contribution in [0.1, 0.15) is 11.3 Å². The molecule has 1 aliphatic heterocycles. The van der Waals surface area contributed by atoms with Crippen molar-refractivity contribution in [1.82, 2.24) is 9.80 Å². The van der Waals surface area contributed by atoms with Gasteiger partial charge in [-0.2, -0.15) is 0 Å². The Hall–Kier alpha value is -3.13. The van der Waals surface area contributed by atoms with Crippen molar-refractivity contribution < 1.29 is 23.6 Å². The smallest absolute Gasteiger partial charge is 0.335 e. The van der Waals surface area contributed by atoms with Gasteiger partial charge in [0.2, 0.25) is 5.91 Å². The van der Waals surface area contributed by atoms with Gasteiger partial charge >= 0.3 is 17.8 Å². The molecule has 1 saturated heterocycles. The molecule has 5 amide bonds. The third-order valence-corrected chi connectivity index (χ3v) is 4.19. The zero-order valence-corrected chi connectivity index (χ0v) is 14.4. The molecule has 2 heterocycles. The molecule has 1 aliphatic rings. The van der Waals surface area contributed by atoms with Crippen molar-refractivity contribution in [1.29, 1.82) is 0 Å². The molecule has 1 aromatic carbocycles. The van der Waals surface area contributed by atoms with Crippen molar-refractivity contribution in [3.63, 3.8) is 0 Å². The van der Waals surface area contributed by atoms with Gasteiger partial charge in [0, 0.05) is 10.7 Å². The SMILES string of the molecule is Cc1ccc(NC(=O)CN2C(=O)C(=O)N(Cc3ccco3)C2=O)cc1Cl. The summed E-state index contributed by atoms with van der Waals surface area (Å²) >= 11 is 5.99. The van der Waals surface area contributed by atoms with E-state index >= 15 is 0 Å². The average molecular weight is 376 g/mol. The van der Waals surface area contributed by atoms with Gasteiger partial charge in [0.25, 0.3) is 0 Å². The number of carbonyl (C=O) groups is 4. The lowest BCUT2D eigenvalue weighted by molar-refractivity contribution is -0.144. The van der Waals surface area contributed by atoms with E-state index in [0.29, 0.717) is 21.4 Å². The maximum absolute atomic E-state index is 12.3. The normalized spacial score (nSPS) is 14.3. The van der Waals surface area contributed by atoms with Gasteiger partial charge in [-0.15, -0.1) is 0 Å². The first-order chi connectivity index (χ1) is 12.4. The number of nitrogens with one attached hydrogen (secondary N) is 1. The Kier molecular flexibility index (Phi) is 4.77. The van der Waals surface area contributed by atoms with E-state index in [1.165, 1.54) is 6.26 Å². The Labute approximate surface area is 153 Å². The standard InChI is InChI=1S/C17H14ClN3O5/c1-10-4-5-11(7-13(10)18)19-14(22)9-21-16(24)15(23)20(17(21)25)8-12-3-2-6-26-12/h2-7H,8-9H2,1H3,(H,19,22). The first-order valence-electron chi connectivity index (χ1n) is 7.62. The molecule has 26 heavy (non-hydrogen) atoms. The molecule has 3 rings (SSSR count). The molecule has 0 aliphatic carbocycles. The quantitative estimate of drug-likeness (QED) is 0.637. The lowest BCUT2D eigenvalue weighted by Gasteiger charge is -2.14. The highest BCUT2D eigenvalue weighted by Gasteiger charge is 2.45. The first-order valence-corrected chi connectivity index (χ1v) is 8.00. The second-order valence-electron chi connectivity index (χ2n) is 5.66. The van der Waals surface area contributed by atoms with Gasteiger partial charge < -0.3 is 9.73 Å². The highest BCUT2D eigenvalue weighted by atomic mass is 35.5. The molecule has 1 aromatic heterocycles. The van der Waals surface area contributed by atoms with E-state index in [2.05, 4.69) is 5.32 Å². The van der Waals surface area contributed by atoms with Crippen LogP contribution in [0.25, 0.3) is 0 Å². The molecule has 2 aromatic rings. The summed E-state index contributed by atoms with van der Waals surface area (Å²) in [6.07, 6.45) is 1.39.